The zero-order valence-corrected chi connectivity index (χ0v) is 9.37. The highest BCUT2D eigenvalue weighted by Crippen LogP contribution is 2.07. The maximum Gasteiger partial charge on any atom is 0.331 e. The van der Waals surface area contributed by atoms with Crippen LogP contribution in [-0.4, -0.2) is 32.1 Å². The summed E-state index contributed by atoms with van der Waals surface area (Å²) in [7, 11) is 2.99. The molecule has 4 nitrogen and oxygen atoms in total. The lowest BCUT2D eigenvalue weighted by Crippen LogP contribution is -2.23. The number of ether oxygens (including phenoxy) is 3. The minimum absolute atomic E-state index is 0.406. The topological polar surface area (TPSA) is 44.8 Å². The molecule has 0 aliphatic carbocycles. The number of esters is 1. The highest BCUT2D eigenvalue weighted by Gasteiger charge is 2.14. The van der Waals surface area contributed by atoms with Crippen molar-refractivity contribution in [2.45, 2.75) is 32.7 Å². The Bertz CT molecular complexity index is 199. The normalized spacial score (nSPS) is 12.4. The minimum atomic E-state index is -0.512. The van der Waals surface area contributed by atoms with Crippen molar-refractivity contribution >= 4 is 5.97 Å². The third-order valence-corrected chi connectivity index (χ3v) is 1.26. The molecule has 0 saturated heterocycles. The van der Waals surface area contributed by atoms with Gasteiger partial charge in [-0.2, -0.15) is 0 Å². The number of hydrogen-bond acceptors (Lipinski definition) is 4. The van der Waals surface area contributed by atoms with Gasteiger partial charge in [-0.1, -0.05) is 0 Å². The molecule has 0 rings (SSSR count). The van der Waals surface area contributed by atoms with E-state index in [-0.39, 0.29) is 0 Å². The number of carbonyl (C=O) groups excluding carboxylic acids is 1. The lowest BCUT2D eigenvalue weighted by molar-refractivity contribution is -0.148. The molecule has 0 aromatic heterocycles. The molecule has 14 heavy (non-hydrogen) atoms. The molecular formula is C10H18O4. The molecule has 0 radical (unpaired) electrons. The average Bonchev–Trinajstić information content (AvgIpc) is 2.03. The van der Waals surface area contributed by atoms with E-state index < -0.39 is 17.9 Å². The van der Waals surface area contributed by atoms with Crippen LogP contribution in [0.1, 0.15) is 20.8 Å². The summed E-state index contributed by atoms with van der Waals surface area (Å²) >= 11 is 0. The smallest absolute Gasteiger partial charge is 0.331 e. The van der Waals surface area contributed by atoms with Crippen LogP contribution in [0.15, 0.2) is 12.2 Å². The summed E-state index contributed by atoms with van der Waals surface area (Å²) < 4.78 is 14.8. The predicted molar refractivity (Wildman–Crippen MR) is 52.8 cm³/mol. The first-order valence-corrected chi connectivity index (χ1v) is 4.36. The SMILES string of the molecule is COC(/C=C/C(=O)OC(C)(C)C)OC. The molecule has 0 aromatic carbocycles. The molecule has 0 saturated carbocycles. The van der Waals surface area contributed by atoms with Crippen molar-refractivity contribution in [3.63, 3.8) is 0 Å². The highest BCUT2D eigenvalue weighted by molar-refractivity contribution is 5.82. The van der Waals surface area contributed by atoms with Crippen LogP contribution in [0.25, 0.3) is 0 Å². The van der Waals surface area contributed by atoms with Gasteiger partial charge in [0.2, 0.25) is 0 Å². The fourth-order valence-corrected chi connectivity index (χ4v) is 0.746. The van der Waals surface area contributed by atoms with Gasteiger partial charge in [0.25, 0.3) is 0 Å². The third-order valence-electron chi connectivity index (χ3n) is 1.26. The minimum Gasteiger partial charge on any atom is -0.457 e. The van der Waals surface area contributed by atoms with Gasteiger partial charge in [0.15, 0.2) is 6.29 Å². The van der Waals surface area contributed by atoms with Gasteiger partial charge in [-0.15, -0.1) is 0 Å². The van der Waals surface area contributed by atoms with Crippen LogP contribution in [0.5, 0.6) is 0 Å². The van der Waals surface area contributed by atoms with Crippen molar-refractivity contribution in [2.75, 3.05) is 14.2 Å². The summed E-state index contributed by atoms with van der Waals surface area (Å²) in [6.45, 7) is 5.43. The zero-order chi connectivity index (χ0) is 11.2. The second-order valence-corrected chi connectivity index (χ2v) is 3.73. The fraction of sp³-hybridized carbons (Fsp3) is 0.700. The maximum atomic E-state index is 11.2. The van der Waals surface area contributed by atoms with E-state index in [1.165, 1.54) is 26.4 Å². The first-order chi connectivity index (χ1) is 6.39. The third kappa shape index (κ3) is 6.62. The Morgan fingerprint density at radius 3 is 2.07 bits per heavy atom. The van der Waals surface area contributed by atoms with Gasteiger partial charge in [0.1, 0.15) is 5.60 Å². The van der Waals surface area contributed by atoms with Gasteiger partial charge in [-0.25, -0.2) is 4.79 Å². The summed E-state index contributed by atoms with van der Waals surface area (Å²) in [5.74, 6) is -0.406. The van der Waals surface area contributed by atoms with E-state index in [4.69, 9.17) is 14.2 Å². The summed E-state index contributed by atoms with van der Waals surface area (Å²) in [5.41, 5.74) is -0.475. The Morgan fingerprint density at radius 2 is 1.71 bits per heavy atom. The monoisotopic (exact) mass is 202 g/mol. The van der Waals surface area contributed by atoms with E-state index in [1.54, 1.807) is 0 Å². The average molecular weight is 202 g/mol. The van der Waals surface area contributed by atoms with Crippen LogP contribution in [-0.2, 0) is 19.0 Å². The molecule has 0 atom stereocenters. The quantitative estimate of drug-likeness (QED) is 0.394. The molecule has 4 heteroatoms. The van der Waals surface area contributed by atoms with Crippen LogP contribution < -0.4 is 0 Å². The summed E-state index contributed by atoms with van der Waals surface area (Å²) in [5, 5.41) is 0. The predicted octanol–water partition coefficient (Wildman–Crippen LogP) is 1.50. The van der Waals surface area contributed by atoms with Crippen molar-refractivity contribution in [3.05, 3.63) is 12.2 Å². The molecule has 0 aliphatic rings. The molecule has 0 amide bonds. The van der Waals surface area contributed by atoms with Gasteiger partial charge in [0.05, 0.1) is 0 Å². The van der Waals surface area contributed by atoms with E-state index in [9.17, 15) is 4.79 Å². The van der Waals surface area contributed by atoms with E-state index in [0.717, 1.165) is 0 Å². The van der Waals surface area contributed by atoms with Gasteiger partial charge in [-0.05, 0) is 26.8 Å². The van der Waals surface area contributed by atoms with Crippen molar-refractivity contribution < 1.29 is 19.0 Å². The second-order valence-electron chi connectivity index (χ2n) is 3.73. The molecule has 82 valence electrons. The van der Waals surface area contributed by atoms with Crippen LogP contribution in [0.3, 0.4) is 0 Å². The Labute approximate surface area is 84.8 Å². The lowest BCUT2D eigenvalue weighted by Gasteiger charge is -2.18. The fourth-order valence-electron chi connectivity index (χ4n) is 0.746. The van der Waals surface area contributed by atoms with Crippen LogP contribution >= 0.6 is 0 Å². The lowest BCUT2D eigenvalue weighted by atomic mass is 10.2. The number of hydrogen-bond donors (Lipinski definition) is 0. The molecule has 0 heterocycles. The Hall–Kier alpha value is -0.870. The standard InChI is InChI=1S/C10H18O4/c1-10(2,3)14-8(11)6-7-9(12-4)13-5/h6-7,9H,1-5H3/b7-6+. The summed E-state index contributed by atoms with van der Waals surface area (Å²) in [4.78, 5) is 11.2. The molecule has 0 fully saturated rings. The van der Waals surface area contributed by atoms with Crippen LogP contribution in [0.4, 0.5) is 0 Å². The Morgan fingerprint density at radius 1 is 1.21 bits per heavy atom. The van der Waals surface area contributed by atoms with Crippen molar-refractivity contribution in [3.8, 4) is 0 Å². The van der Waals surface area contributed by atoms with Crippen LogP contribution in [0, 0.1) is 0 Å². The van der Waals surface area contributed by atoms with Gasteiger partial charge in [-0.3, -0.25) is 0 Å². The zero-order valence-electron chi connectivity index (χ0n) is 9.37. The number of methoxy groups -OCH3 is 2. The van der Waals surface area contributed by atoms with Gasteiger partial charge >= 0.3 is 5.97 Å². The highest BCUT2D eigenvalue weighted by atomic mass is 16.7. The number of carbonyl (C=O) groups is 1. The second kappa shape index (κ2) is 5.78. The maximum absolute atomic E-state index is 11.2. The molecule has 0 aromatic rings. The van der Waals surface area contributed by atoms with E-state index in [2.05, 4.69) is 0 Å². The van der Waals surface area contributed by atoms with E-state index in [1.807, 2.05) is 20.8 Å². The van der Waals surface area contributed by atoms with E-state index >= 15 is 0 Å². The van der Waals surface area contributed by atoms with E-state index in [0.29, 0.717) is 0 Å². The molecule has 0 bridgehead atoms. The number of rotatable bonds is 4. The van der Waals surface area contributed by atoms with Crippen molar-refractivity contribution in [1.82, 2.24) is 0 Å². The molecule has 0 aliphatic heterocycles. The van der Waals surface area contributed by atoms with Gasteiger partial charge < -0.3 is 14.2 Å². The molecule has 0 unspecified atom stereocenters. The Kier molecular flexibility index (Phi) is 5.42. The van der Waals surface area contributed by atoms with Crippen molar-refractivity contribution in [2.24, 2.45) is 0 Å². The molecular weight excluding hydrogens is 184 g/mol. The van der Waals surface area contributed by atoms with Gasteiger partial charge in [0, 0.05) is 20.3 Å². The van der Waals surface area contributed by atoms with Crippen molar-refractivity contribution in [1.29, 1.82) is 0 Å². The largest absolute Gasteiger partial charge is 0.457 e. The molecule has 0 N–H and O–H groups in total. The first-order valence-electron chi connectivity index (χ1n) is 4.36. The Balaban J connectivity index is 4.05. The summed E-state index contributed by atoms with van der Waals surface area (Å²) in [6, 6.07) is 0. The summed E-state index contributed by atoms with van der Waals surface area (Å²) in [6.07, 6.45) is 2.28. The first kappa shape index (κ1) is 13.1. The molecule has 0 spiro atoms. The van der Waals surface area contributed by atoms with Crippen LogP contribution in [0.2, 0.25) is 0 Å².